The molecule has 0 heterocycles. The van der Waals surface area contributed by atoms with Crippen LogP contribution in [-0.4, -0.2) is 5.37 Å². The van der Waals surface area contributed by atoms with Crippen LogP contribution in [0.3, 0.4) is 0 Å². The van der Waals surface area contributed by atoms with E-state index < -0.39 is 0 Å². The predicted octanol–water partition coefficient (Wildman–Crippen LogP) is 4.35. The van der Waals surface area contributed by atoms with Crippen molar-refractivity contribution in [2.45, 2.75) is 0 Å². The molecular formula is C13H9ClS. The van der Waals surface area contributed by atoms with Gasteiger partial charge in [0.1, 0.15) is 0 Å². The molecule has 2 rings (SSSR count). The molecule has 2 aromatic carbocycles. The summed E-state index contributed by atoms with van der Waals surface area (Å²) < 4.78 is 0. The fraction of sp³-hybridized carbons (Fsp3) is 0. The van der Waals surface area contributed by atoms with Crippen molar-refractivity contribution < 1.29 is 0 Å². The summed E-state index contributed by atoms with van der Waals surface area (Å²) in [5, 5.41) is 2.41. The first-order valence-corrected chi connectivity index (χ1v) is 5.46. The lowest BCUT2D eigenvalue weighted by Crippen LogP contribution is -1.83. The highest BCUT2D eigenvalue weighted by Gasteiger charge is 2.02. The zero-order valence-electron chi connectivity index (χ0n) is 7.98. The minimum atomic E-state index is 0.752. The van der Waals surface area contributed by atoms with E-state index >= 15 is 0 Å². The van der Waals surface area contributed by atoms with E-state index in [1.54, 1.807) is 5.37 Å². The molecule has 0 radical (unpaired) electrons. The molecule has 0 spiro atoms. The Morgan fingerprint density at radius 2 is 1.73 bits per heavy atom. The maximum Gasteiger partial charge on any atom is 0.0484 e. The Bertz CT molecular complexity index is 477. The zero-order valence-corrected chi connectivity index (χ0v) is 9.55. The van der Waals surface area contributed by atoms with Crippen LogP contribution in [0.2, 0.25) is 5.02 Å². The first-order chi connectivity index (χ1) is 7.31. The smallest absolute Gasteiger partial charge is 0.0484 e. The van der Waals surface area contributed by atoms with E-state index in [2.05, 4.69) is 0 Å². The summed E-state index contributed by atoms with van der Waals surface area (Å²) >= 11 is 11.0. The van der Waals surface area contributed by atoms with Gasteiger partial charge >= 0.3 is 0 Å². The molecule has 0 atom stereocenters. The van der Waals surface area contributed by atoms with E-state index in [-0.39, 0.29) is 0 Å². The van der Waals surface area contributed by atoms with E-state index in [9.17, 15) is 0 Å². The van der Waals surface area contributed by atoms with Gasteiger partial charge in [0, 0.05) is 16.0 Å². The Balaban J connectivity index is 2.57. The second-order valence-corrected chi connectivity index (χ2v) is 3.87. The number of thiocarbonyl (C=S) groups is 1. The molecule has 0 saturated heterocycles. The Hall–Kier alpha value is -1.18. The van der Waals surface area contributed by atoms with Gasteiger partial charge in [0.2, 0.25) is 0 Å². The van der Waals surface area contributed by atoms with Gasteiger partial charge in [-0.15, -0.1) is 0 Å². The first kappa shape index (κ1) is 10.3. The van der Waals surface area contributed by atoms with Crippen LogP contribution in [0.15, 0.2) is 48.5 Å². The van der Waals surface area contributed by atoms with Gasteiger partial charge in [-0.3, -0.25) is 0 Å². The Morgan fingerprint density at radius 3 is 2.40 bits per heavy atom. The molecule has 0 fully saturated rings. The number of hydrogen-bond acceptors (Lipinski definition) is 1. The minimum absolute atomic E-state index is 0.752. The highest BCUT2D eigenvalue weighted by atomic mass is 35.5. The summed E-state index contributed by atoms with van der Waals surface area (Å²) in [6, 6.07) is 15.9. The van der Waals surface area contributed by atoms with Crippen LogP contribution in [0, 0.1) is 0 Å². The predicted molar refractivity (Wildman–Crippen MR) is 69.6 cm³/mol. The lowest BCUT2D eigenvalue weighted by molar-refractivity contribution is 1.61. The quantitative estimate of drug-likeness (QED) is 0.694. The Kier molecular flexibility index (Phi) is 3.14. The molecule has 0 aliphatic rings. The van der Waals surface area contributed by atoms with Crippen molar-refractivity contribution in [1.29, 1.82) is 0 Å². The topological polar surface area (TPSA) is 0 Å². The number of halogens is 1. The normalized spacial score (nSPS) is 9.93. The number of hydrogen-bond donors (Lipinski definition) is 0. The highest BCUT2D eigenvalue weighted by Crippen LogP contribution is 2.28. The summed E-state index contributed by atoms with van der Waals surface area (Å²) in [4.78, 5) is 0. The molecule has 0 nitrogen and oxygen atoms in total. The Morgan fingerprint density at radius 1 is 1.00 bits per heavy atom. The second kappa shape index (κ2) is 4.56. The average Bonchev–Trinajstić information content (AvgIpc) is 2.31. The standard InChI is InChI=1S/C13H9ClS/c14-13-7-6-10(9-15)8-12(13)11-4-2-1-3-5-11/h1-9H. The van der Waals surface area contributed by atoms with Gasteiger partial charge in [-0.05, 0) is 23.3 Å². The van der Waals surface area contributed by atoms with Crippen LogP contribution >= 0.6 is 23.8 Å². The summed E-state index contributed by atoms with van der Waals surface area (Å²) in [6.07, 6.45) is 0. The molecule has 74 valence electrons. The molecule has 0 bridgehead atoms. The average molecular weight is 233 g/mol. The molecule has 0 N–H and O–H groups in total. The van der Waals surface area contributed by atoms with Crippen molar-refractivity contribution in [3.05, 3.63) is 59.1 Å². The van der Waals surface area contributed by atoms with E-state index in [0.29, 0.717) is 0 Å². The van der Waals surface area contributed by atoms with Crippen LogP contribution in [0.1, 0.15) is 5.56 Å². The van der Waals surface area contributed by atoms with Gasteiger partial charge in [0.15, 0.2) is 0 Å². The molecule has 0 amide bonds. The minimum Gasteiger partial charge on any atom is -0.0881 e. The molecule has 0 aliphatic heterocycles. The lowest BCUT2D eigenvalue weighted by atomic mass is 10.0. The van der Waals surface area contributed by atoms with Crippen molar-refractivity contribution in [2.75, 3.05) is 0 Å². The van der Waals surface area contributed by atoms with Gasteiger partial charge in [0.05, 0.1) is 0 Å². The van der Waals surface area contributed by atoms with E-state index in [0.717, 1.165) is 21.7 Å². The fourth-order valence-corrected chi connectivity index (χ4v) is 1.83. The highest BCUT2D eigenvalue weighted by molar-refractivity contribution is 7.79. The molecule has 2 heteroatoms. The lowest BCUT2D eigenvalue weighted by Gasteiger charge is -2.05. The van der Waals surface area contributed by atoms with Gasteiger partial charge in [-0.1, -0.05) is 60.2 Å². The molecule has 0 aromatic heterocycles. The third kappa shape index (κ3) is 2.25. The number of benzene rings is 2. The van der Waals surface area contributed by atoms with E-state index in [1.165, 1.54) is 0 Å². The van der Waals surface area contributed by atoms with E-state index in [1.807, 2.05) is 48.5 Å². The Labute approximate surface area is 99.5 Å². The maximum absolute atomic E-state index is 6.14. The van der Waals surface area contributed by atoms with Crippen molar-refractivity contribution in [1.82, 2.24) is 0 Å². The summed E-state index contributed by atoms with van der Waals surface area (Å²) in [7, 11) is 0. The van der Waals surface area contributed by atoms with Crippen LogP contribution < -0.4 is 0 Å². The zero-order chi connectivity index (χ0) is 10.7. The van der Waals surface area contributed by atoms with Crippen molar-refractivity contribution in [2.24, 2.45) is 0 Å². The summed E-state index contributed by atoms with van der Waals surface area (Å²) in [5.74, 6) is 0. The largest absolute Gasteiger partial charge is 0.0881 e. The van der Waals surface area contributed by atoms with Gasteiger partial charge in [0.25, 0.3) is 0 Å². The SMILES string of the molecule is S=Cc1ccc(Cl)c(-c2ccccc2)c1. The fourth-order valence-electron chi connectivity index (χ4n) is 1.46. The monoisotopic (exact) mass is 232 g/mol. The van der Waals surface area contributed by atoms with Gasteiger partial charge in [-0.2, -0.15) is 0 Å². The summed E-state index contributed by atoms with van der Waals surface area (Å²) in [6.45, 7) is 0. The third-order valence-electron chi connectivity index (χ3n) is 2.21. The first-order valence-electron chi connectivity index (χ1n) is 4.61. The van der Waals surface area contributed by atoms with E-state index in [4.69, 9.17) is 23.8 Å². The van der Waals surface area contributed by atoms with Crippen molar-refractivity contribution >= 4 is 29.2 Å². The second-order valence-electron chi connectivity index (χ2n) is 3.22. The van der Waals surface area contributed by atoms with Crippen LogP contribution in [-0.2, 0) is 0 Å². The van der Waals surface area contributed by atoms with Gasteiger partial charge in [-0.25, -0.2) is 0 Å². The van der Waals surface area contributed by atoms with Crippen LogP contribution in [0.4, 0.5) is 0 Å². The van der Waals surface area contributed by atoms with Crippen molar-refractivity contribution in [3.63, 3.8) is 0 Å². The number of rotatable bonds is 2. The van der Waals surface area contributed by atoms with Crippen LogP contribution in [0.25, 0.3) is 11.1 Å². The molecule has 0 aliphatic carbocycles. The maximum atomic E-state index is 6.14. The molecule has 15 heavy (non-hydrogen) atoms. The third-order valence-corrected chi connectivity index (χ3v) is 2.81. The van der Waals surface area contributed by atoms with Gasteiger partial charge < -0.3 is 0 Å². The summed E-state index contributed by atoms with van der Waals surface area (Å²) in [5.41, 5.74) is 3.14. The van der Waals surface area contributed by atoms with Crippen LogP contribution in [0.5, 0.6) is 0 Å². The van der Waals surface area contributed by atoms with Crippen molar-refractivity contribution in [3.8, 4) is 11.1 Å². The molecule has 0 saturated carbocycles. The molecule has 2 aromatic rings. The molecular weight excluding hydrogens is 224 g/mol. The molecule has 0 unspecified atom stereocenters.